The molecule has 0 spiro atoms. The number of nitrogens with zero attached hydrogens (tertiary/aromatic N) is 3. The number of aliphatic imine (C=N–C) groups is 1. The van der Waals surface area contributed by atoms with Gasteiger partial charge in [0.1, 0.15) is 16.5 Å². The molecule has 3 aliphatic heterocycles. The van der Waals surface area contributed by atoms with Gasteiger partial charge in [-0.1, -0.05) is 68.2 Å². The number of fused-ring (bicyclic) bond motifs is 1. The van der Waals surface area contributed by atoms with Gasteiger partial charge in [-0.3, -0.25) is 4.79 Å². The number of carbonyl (C=O) groups is 2. The van der Waals surface area contributed by atoms with Crippen LogP contribution in [0.25, 0.3) is 0 Å². The highest BCUT2D eigenvalue weighted by Gasteiger charge is 2.54. The van der Waals surface area contributed by atoms with E-state index in [-0.39, 0.29) is 29.9 Å². The Morgan fingerprint density at radius 1 is 1.08 bits per heavy atom. The first-order valence-corrected chi connectivity index (χ1v) is 14.9. The molecule has 2 aromatic rings. The molecule has 3 heterocycles. The Bertz CT molecular complexity index is 1340. The van der Waals surface area contributed by atoms with Gasteiger partial charge >= 0.3 is 5.97 Å². The molecule has 206 valence electrons. The summed E-state index contributed by atoms with van der Waals surface area (Å²) in [6.07, 6.45) is 2.17. The molecule has 5 rings (SSSR count). The SMILES string of the molecule is CC[C@@H]1CC[C@@H](C(=O)OC)N1C(=O)C1=C(C(C)C)N2C(=N[C@@](C)(c3ccc(Cl)cc3)[C@H]2c2ccc(Cl)cc2)S1. The third-order valence-electron chi connectivity index (χ3n) is 8.05. The number of benzene rings is 2. The lowest BCUT2D eigenvalue weighted by Crippen LogP contribution is -2.46. The van der Waals surface area contributed by atoms with Crippen LogP contribution < -0.4 is 0 Å². The first-order chi connectivity index (χ1) is 18.6. The smallest absolute Gasteiger partial charge is 0.328 e. The summed E-state index contributed by atoms with van der Waals surface area (Å²) in [6, 6.07) is 14.9. The van der Waals surface area contributed by atoms with Crippen LogP contribution in [-0.4, -0.2) is 46.0 Å². The van der Waals surface area contributed by atoms with Crippen LogP contribution in [0.15, 0.2) is 64.1 Å². The number of hydrogen-bond acceptors (Lipinski definition) is 6. The molecule has 9 heteroatoms. The van der Waals surface area contributed by atoms with Gasteiger partial charge in [0.05, 0.1) is 13.2 Å². The summed E-state index contributed by atoms with van der Waals surface area (Å²) in [5.41, 5.74) is 2.36. The van der Waals surface area contributed by atoms with Crippen LogP contribution in [0.2, 0.25) is 10.0 Å². The number of hydrogen-bond donors (Lipinski definition) is 0. The van der Waals surface area contributed by atoms with Crippen LogP contribution in [0, 0.1) is 5.92 Å². The third-order valence-corrected chi connectivity index (χ3v) is 9.61. The number of methoxy groups -OCH3 is 1. The maximum Gasteiger partial charge on any atom is 0.328 e. The van der Waals surface area contributed by atoms with Crippen molar-refractivity contribution < 1.29 is 14.3 Å². The number of esters is 1. The molecule has 1 amide bonds. The van der Waals surface area contributed by atoms with E-state index in [1.165, 1.54) is 18.9 Å². The van der Waals surface area contributed by atoms with Crippen molar-refractivity contribution in [1.82, 2.24) is 9.80 Å². The van der Waals surface area contributed by atoms with Crippen LogP contribution in [0.1, 0.15) is 64.1 Å². The maximum atomic E-state index is 14.3. The number of ether oxygens (including phenoxy) is 1. The molecule has 1 fully saturated rings. The van der Waals surface area contributed by atoms with Crippen LogP contribution in [0.5, 0.6) is 0 Å². The standard InChI is InChI=1S/C30H33Cl2N3O3S/c1-6-22-15-16-23(28(37)38-5)34(22)27(36)25-24(17(2)3)35-26(18-7-11-20(31)12-8-18)30(4,33-29(35)39-25)19-9-13-21(32)14-10-19/h7-14,17,22-23,26H,6,15-16H2,1-5H3/t22-,23+,26-,30+/m1/s1. The zero-order chi connectivity index (χ0) is 28.1. The number of amidine groups is 1. The van der Waals surface area contributed by atoms with Gasteiger partial charge in [0, 0.05) is 21.8 Å². The number of halogens is 2. The molecule has 0 N–H and O–H groups in total. The predicted molar refractivity (Wildman–Crippen MR) is 158 cm³/mol. The Morgan fingerprint density at radius 3 is 2.26 bits per heavy atom. The van der Waals surface area contributed by atoms with E-state index in [0.717, 1.165) is 34.8 Å². The minimum atomic E-state index is -0.635. The van der Waals surface area contributed by atoms with Crippen molar-refractivity contribution in [3.63, 3.8) is 0 Å². The molecule has 4 atom stereocenters. The van der Waals surface area contributed by atoms with Gasteiger partial charge in [0.25, 0.3) is 5.91 Å². The maximum absolute atomic E-state index is 14.3. The van der Waals surface area contributed by atoms with Crippen LogP contribution in [0.3, 0.4) is 0 Å². The fourth-order valence-electron chi connectivity index (χ4n) is 6.14. The highest BCUT2D eigenvalue weighted by molar-refractivity contribution is 8.18. The molecule has 6 nitrogen and oxygen atoms in total. The van der Waals surface area contributed by atoms with Crippen molar-refractivity contribution in [3.8, 4) is 0 Å². The molecule has 0 saturated carbocycles. The Morgan fingerprint density at radius 2 is 1.69 bits per heavy atom. The van der Waals surface area contributed by atoms with Gasteiger partial charge < -0.3 is 14.5 Å². The summed E-state index contributed by atoms with van der Waals surface area (Å²) in [7, 11) is 1.38. The first-order valence-electron chi connectivity index (χ1n) is 13.3. The lowest BCUT2D eigenvalue weighted by molar-refractivity contribution is -0.150. The summed E-state index contributed by atoms with van der Waals surface area (Å²) in [5.74, 6) is -0.449. The van der Waals surface area contributed by atoms with Gasteiger partial charge in [-0.15, -0.1) is 0 Å². The summed E-state index contributed by atoms with van der Waals surface area (Å²) < 4.78 is 5.08. The zero-order valence-corrected chi connectivity index (χ0v) is 25.1. The summed E-state index contributed by atoms with van der Waals surface area (Å²) in [6.45, 7) is 8.38. The number of allylic oxidation sites excluding steroid dienone is 1. The highest BCUT2D eigenvalue weighted by Crippen LogP contribution is 2.56. The summed E-state index contributed by atoms with van der Waals surface area (Å²) in [4.78, 5) is 36.8. The van der Waals surface area contributed by atoms with Crippen molar-refractivity contribution >= 4 is 52.0 Å². The Balaban J connectivity index is 1.63. The minimum absolute atomic E-state index is 0.00751. The molecule has 39 heavy (non-hydrogen) atoms. The van der Waals surface area contributed by atoms with Crippen molar-refractivity contribution in [2.45, 2.75) is 70.6 Å². The monoisotopic (exact) mass is 585 g/mol. The van der Waals surface area contributed by atoms with E-state index in [4.69, 9.17) is 32.9 Å². The Hall–Kier alpha value is -2.48. The third kappa shape index (κ3) is 4.76. The van der Waals surface area contributed by atoms with E-state index < -0.39 is 11.6 Å². The predicted octanol–water partition coefficient (Wildman–Crippen LogP) is 7.18. The van der Waals surface area contributed by atoms with E-state index >= 15 is 0 Å². The minimum Gasteiger partial charge on any atom is -0.467 e. The zero-order valence-electron chi connectivity index (χ0n) is 22.8. The van der Waals surface area contributed by atoms with Crippen LogP contribution in [0.4, 0.5) is 0 Å². The fraction of sp³-hybridized carbons (Fsp3) is 0.433. The van der Waals surface area contributed by atoms with Gasteiger partial charge in [0.2, 0.25) is 0 Å². The normalized spacial score (nSPS) is 26.4. The largest absolute Gasteiger partial charge is 0.467 e. The summed E-state index contributed by atoms with van der Waals surface area (Å²) in [5, 5.41) is 2.10. The second-order valence-electron chi connectivity index (χ2n) is 10.7. The average molecular weight is 587 g/mol. The fourth-order valence-corrected chi connectivity index (χ4v) is 7.74. The molecule has 0 bridgehead atoms. The average Bonchev–Trinajstić information content (AvgIpc) is 3.59. The Kier molecular flexibility index (Phi) is 7.79. The molecule has 0 aliphatic carbocycles. The number of amides is 1. The molecule has 0 aromatic heterocycles. The second kappa shape index (κ2) is 10.8. The molecular formula is C30H33Cl2N3O3S. The van der Waals surface area contributed by atoms with Crippen LogP contribution >= 0.6 is 35.0 Å². The van der Waals surface area contributed by atoms with Gasteiger partial charge in [0.15, 0.2) is 5.17 Å². The van der Waals surface area contributed by atoms with E-state index in [0.29, 0.717) is 21.4 Å². The number of likely N-dealkylation sites (tertiary alicyclic amines) is 1. The summed E-state index contributed by atoms with van der Waals surface area (Å²) >= 11 is 13.9. The topological polar surface area (TPSA) is 62.2 Å². The molecule has 0 unspecified atom stereocenters. The van der Waals surface area contributed by atoms with Crippen molar-refractivity contribution in [2.24, 2.45) is 10.9 Å². The van der Waals surface area contributed by atoms with E-state index in [2.05, 4.69) is 32.6 Å². The highest BCUT2D eigenvalue weighted by atomic mass is 35.5. The number of carbonyl (C=O) groups excluding carboxylic acids is 2. The molecule has 1 saturated heterocycles. The van der Waals surface area contributed by atoms with E-state index in [1.54, 1.807) is 4.90 Å². The number of thioether (sulfide) groups is 1. The molecular weight excluding hydrogens is 553 g/mol. The lowest BCUT2D eigenvalue weighted by atomic mass is 9.81. The second-order valence-corrected chi connectivity index (χ2v) is 12.6. The van der Waals surface area contributed by atoms with E-state index in [1.807, 2.05) is 48.5 Å². The Labute approximate surface area is 244 Å². The quantitative estimate of drug-likeness (QED) is 0.336. The van der Waals surface area contributed by atoms with Crippen molar-refractivity contribution in [3.05, 3.63) is 80.3 Å². The van der Waals surface area contributed by atoms with Gasteiger partial charge in [-0.2, -0.15) is 0 Å². The van der Waals surface area contributed by atoms with E-state index in [9.17, 15) is 9.59 Å². The van der Waals surface area contributed by atoms with Gasteiger partial charge in [-0.25, -0.2) is 9.79 Å². The van der Waals surface area contributed by atoms with Gasteiger partial charge in [-0.05, 0) is 79.3 Å². The molecule has 3 aliphatic rings. The number of rotatable bonds is 6. The lowest BCUT2D eigenvalue weighted by Gasteiger charge is -2.37. The molecule has 0 radical (unpaired) electrons. The van der Waals surface area contributed by atoms with Crippen molar-refractivity contribution in [1.29, 1.82) is 0 Å². The van der Waals surface area contributed by atoms with Crippen LogP contribution in [-0.2, 0) is 19.9 Å². The molecule has 2 aromatic carbocycles. The van der Waals surface area contributed by atoms with Crippen molar-refractivity contribution in [2.75, 3.05) is 7.11 Å². The first kappa shape index (κ1) is 28.1.